The maximum Gasteiger partial charge on any atom is 0.231 e. The molecule has 1 aromatic rings. The number of hydrogen-bond acceptors (Lipinski definition) is 6. The molecule has 0 aliphatic carbocycles. The fraction of sp³-hybridized carbons (Fsp3) is 0.667. The molecule has 3 rings (SSSR count). The number of ether oxygens (including phenoxy) is 3. The van der Waals surface area contributed by atoms with Crippen LogP contribution < -0.4 is 20.1 Å². The topological polar surface area (TPSA) is 98.2 Å². The van der Waals surface area contributed by atoms with Crippen LogP contribution in [0.3, 0.4) is 0 Å². The summed E-state index contributed by atoms with van der Waals surface area (Å²) in [4.78, 5) is 4.88. The minimum Gasteiger partial charge on any atom is -0.454 e. The van der Waals surface area contributed by atoms with Gasteiger partial charge in [0.1, 0.15) is 9.84 Å². The van der Waals surface area contributed by atoms with Crippen molar-refractivity contribution in [3.63, 3.8) is 0 Å². The predicted molar refractivity (Wildman–Crippen MR) is 117 cm³/mol. The highest BCUT2D eigenvalue weighted by molar-refractivity contribution is 7.90. The average Bonchev–Trinajstić information content (AvgIpc) is 3.19. The number of sulfone groups is 1. The van der Waals surface area contributed by atoms with Gasteiger partial charge in [0.2, 0.25) is 6.79 Å². The van der Waals surface area contributed by atoms with E-state index in [2.05, 4.69) is 22.8 Å². The minimum atomic E-state index is -2.98. The van der Waals surface area contributed by atoms with E-state index in [1.165, 1.54) is 11.8 Å². The molecule has 2 N–H and O–H groups in total. The molecule has 1 atom stereocenters. The Morgan fingerprint density at radius 2 is 1.97 bits per heavy atom. The van der Waals surface area contributed by atoms with Crippen LogP contribution in [0.1, 0.15) is 38.7 Å². The van der Waals surface area contributed by atoms with Gasteiger partial charge in [-0.15, -0.1) is 0 Å². The van der Waals surface area contributed by atoms with Gasteiger partial charge in [0.15, 0.2) is 17.5 Å². The monoisotopic (exact) mass is 439 g/mol. The number of nitrogens with one attached hydrogen (secondary N) is 2. The molecule has 9 heteroatoms. The number of rotatable bonds is 8. The second kappa shape index (κ2) is 9.87. The summed E-state index contributed by atoms with van der Waals surface area (Å²) in [6, 6.07) is 6.13. The summed E-state index contributed by atoms with van der Waals surface area (Å²) in [5, 5.41) is 6.61. The molecule has 2 heterocycles. The van der Waals surface area contributed by atoms with E-state index in [9.17, 15) is 8.42 Å². The smallest absolute Gasteiger partial charge is 0.231 e. The van der Waals surface area contributed by atoms with E-state index >= 15 is 0 Å². The Balaban J connectivity index is 1.76. The number of fused-ring (bicyclic) bond motifs is 1. The van der Waals surface area contributed by atoms with Gasteiger partial charge in [-0.25, -0.2) is 8.42 Å². The fourth-order valence-electron chi connectivity index (χ4n) is 3.77. The number of nitrogens with zero attached hydrogens (tertiary/aromatic N) is 1. The fourth-order valence-corrected chi connectivity index (χ4v) is 4.56. The summed E-state index contributed by atoms with van der Waals surface area (Å²) >= 11 is 0. The van der Waals surface area contributed by atoms with Crippen molar-refractivity contribution in [2.75, 3.05) is 45.1 Å². The van der Waals surface area contributed by atoms with Gasteiger partial charge in [-0.1, -0.05) is 6.07 Å². The number of guanidine groups is 1. The molecule has 1 saturated heterocycles. The van der Waals surface area contributed by atoms with Crippen LogP contribution in [0.15, 0.2) is 23.2 Å². The Bertz CT molecular complexity index is 850. The summed E-state index contributed by atoms with van der Waals surface area (Å²) in [7, 11) is -2.98. The van der Waals surface area contributed by atoms with Gasteiger partial charge < -0.3 is 24.8 Å². The van der Waals surface area contributed by atoms with Gasteiger partial charge in [-0.2, -0.15) is 0 Å². The second-order valence-corrected chi connectivity index (χ2v) is 10.4. The second-order valence-electron chi connectivity index (χ2n) is 8.12. The third-order valence-electron chi connectivity index (χ3n) is 5.62. The van der Waals surface area contributed by atoms with Crippen molar-refractivity contribution >= 4 is 15.8 Å². The molecule has 168 valence electrons. The highest BCUT2D eigenvalue weighted by Gasteiger charge is 2.35. The quantitative estimate of drug-likeness (QED) is 0.471. The predicted octanol–water partition coefficient (Wildman–Crippen LogP) is 1.84. The van der Waals surface area contributed by atoms with Crippen LogP contribution in [0.2, 0.25) is 0 Å². The minimum absolute atomic E-state index is 0.00583. The van der Waals surface area contributed by atoms with Crippen LogP contribution in [0.4, 0.5) is 0 Å². The first-order valence-corrected chi connectivity index (χ1v) is 12.6. The van der Waals surface area contributed by atoms with E-state index in [0.717, 1.165) is 30.9 Å². The summed E-state index contributed by atoms with van der Waals surface area (Å²) < 4.78 is 39.6. The summed E-state index contributed by atoms with van der Waals surface area (Å²) in [6.07, 6.45) is 3.54. The van der Waals surface area contributed by atoms with Crippen molar-refractivity contribution < 1.29 is 22.6 Å². The van der Waals surface area contributed by atoms with Gasteiger partial charge in [-0.3, -0.25) is 4.99 Å². The molecular weight excluding hydrogens is 406 g/mol. The molecular formula is C21H33N3O5S. The lowest BCUT2D eigenvalue weighted by Crippen LogP contribution is -2.44. The summed E-state index contributed by atoms with van der Waals surface area (Å²) in [6.45, 7) is 6.96. The van der Waals surface area contributed by atoms with E-state index in [-0.39, 0.29) is 24.0 Å². The van der Waals surface area contributed by atoms with Crippen molar-refractivity contribution in [1.82, 2.24) is 10.6 Å². The molecule has 2 aliphatic heterocycles. The van der Waals surface area contributed by atoms with Crippen molar-refractivity contribution in [2.45, 2.75) is 44.6 Å². The standard InChI is InChI=1S/C21H33N3O5S/c1-4-22-20(24-16(2)7-12-30(3,25)26)23-14-21(8-10-27-11-9-21)17-5-6-18-19(13-17)29-15-28-18/h5-6,13,16H,4,7-12,14-15H2,1-3H3,(H2,22,23,24). The zero-order valence-electron chi connectivity index (χ0n) is 18.1. The van der Waals surface area contributed by atoms with E-state index in [0.29, 0.717) is 32.1 Å². The van der Waals surface area contributed by atoms with E-state index < -0.39 is 9.84 Å². The number of benzene rings is 1. The summed E-state index contributed by atoms with van der Waals surface area (Å²) in [5.41, 5.74) is 1.04. The van der Waals surface area contributed by atoms with Crippen LogP contribution in [-0.2, 0) is 20.0 Å². The Labute approximate surface area is 179 Å². The first-order valence-electron chi connectivity index (χ1n) is 10.5. The van der Waals surface area contributed by atoms with Crippen LogP contribution in [-0.4, -0.2) is 65.5 Å². The lowest BCUT2D eigenvalue weighted by atomic mass is 9.74. The van der Waals surface area contributed by atoms with Crippen LogP contribution >= 0.6 is 0 Å². The zero-order chi connectivity index (χ0) is 21.6. The van der Waals surface area contributed by atoms with Crippen LogP contribution in [0.5, 0.6) is 11.5 Å². The van der Waals surface area contributed by atoms with Gasteiger partial charge in [0.05, 0.1) is 12.3 Å². The summed E-state index contributed by atoms with van der Waals surface area (Å²) in [5.74, 6) is 2.41. The Hall–Kier alpha value is -2.00. The highest BCUT2D eigenvalue weighted by atomic mass is 32.2. The normalized spacial score (nSPS) is 19.4. The van der Waals surface area contributed by atoms with E-state index in [4.69, 9.17) is 19.2 Å². The molecule has 0 amide bonds. The van der Waals surface area contributed by atoms with Gasteiger partial charge in [0, 0.05) is 37.5 Å². The van der Waals surface area contributed by atoms with Gasteiger partial charge in [-0.05, 0) is 50.8 Å². The molecule has 0 radical (unpaired) electrons. The van der Waals surface area contributed by atoms with Crippen molar-refractivity contribution in [3.8, 4) is 11.5 Å². The van der Waals surface area contributed by atoms with Crippen LogP contribution in [0.25, 0.3) is 0 Å². The molecule has 1 aromatic carbocycles. The van der Waals surface area contributed by atoms with Gasteiger partial charge in [0.25, 0.3) is 0 Å². The molecule has 8 nitrogen and oxygen atoms in total. The molecule has 1 fully saturated rings. The first-order chi connectivity index (χ1) is 14.3. The third kappa shape index (κ3) is 6.01. The maximum absolute atomic E-state index is 11.5. The molecule has 0 spiro atoms. The third-order valence-corrected chi connectivity index (χ3v) is 6.60. The van der Waals surface area contributed by atoms with E-state index in [1.54, 1.807) is 0 Å². The van der Waals surface area contributed by atoms with Crippen molar-refractivity contribution in [3.05, 3.63) is 23.8 Å². The SMILES string of the molecule is CCNC(=NCC1(c2ccc3c(c2)OCO3)CCOCC1)NC(C)CCS(C)(=O)=O. The van der Waals surface area contributed by atoms with Crippen LogP contribution in [0, 0.1) is 0 Å². The number of aliphatic imine (C=N–C) groups is 1. The Kier molecular flexibility index (Phi) is 7.46. The molecule has 0 bridgehead atoms. The van der Waals surface area contributed by atoms with Crippen molar-refractivity contribution in [1.29, 1.82) is 0 Å². The largest absolute Gasteiger partial charge is 0.454 e. The average molecular weight is 440 g/mol. The maximum atomic E-state index is 11.5. The molecule has 0 saturated carbocycles. The van der Waals surface area contributed by atoms with Crippen molar-refractivity contribution in [2.24, 2.45) is 4.99 Å². The Morgan fingerprint density at radius 3 is 2.67 bits per heavy atom. The number of hydrogen-bond donors (Lipinski definition) is 2. The van der Waals surface area contributed by atoms with Gasteiger partial charge >= 0.3 is 0 Å². The highest BCUT2D eigenvalue weighted by Crippen LogP contribution is 2.41. The zero-order valence-corrected chi connectivity index (χ0v) is 18.9. The first kappa shape index (κ1) is 22.7. The Morgan fingerprint density at radius 1 is 1.23 bits per heavy atom. The lowest BCUT2D eigenvalue weighted by Gasteiger charge is -2.37. The lowest BCUT2D eigenvalue weighted by molar-refractivity contribution is 0.0530. The van der Waals surface area contributed by atoms with E-state index in [1.807, 2.05) is 19.9 Å². The molecule has 2 aliphatic rings. The molecule has 0 aromatic heterocycles. The molecule has 30 heavy (non-hydrogen) atoms. The molecule has 1 unspecified atom stereocenters.